The van der Waals surface area contributed by atoms with Gasteiger partial charge in [0.2, 0.25) is 0 Å². The number of carbonyl (C=O) groups is 1. The van der Waals surface area contributed by atoms with Gasteiger partial charge in [0.1, 0.15) is 0 Å². The van der Waals surface area contributed by atoms with Gasteiger partial charge in [-0.05, 0) is 43.1 Å². The number of aryl methyl sites for hydroxylation is 1. The van der Waals surface area contributed by atoms with E-state index in [0.29, 0.717) is 12.1 Å². The second-order valence-corrected chi connectivity index (χ2v) is 2.99. The number of hydrogen-bond acceptors (Lipinski definition) is 2. The van der Waals surface area contributed by atoms with Crippen molar-refractivity contribution in [1.29, 1.82) is 0 Å². The molecule has 0 radical (unpaired) electrons. The van der Waals surface area contributed by atoms with E-state index in [9.17, 15) is 4.79 Å². The Hall–Kier alpha value is -1.35. The second-order valence-electron chi connectivity index (χ2n) is 2.99. The fourth-order valence-corrected chi connectivity index (χ4v) is 1.26. The van der Waals surface area contributed by atoms with Gasteiger partial charge < -0.3 is 10.8 Å². The highest BCUT2D eigenvalue weighted by Gasteiger charge is 2.04. The van der Waals surface area contributed by atoms with E-state index in [0.717, 1.165) is 17.5 Å². The topological polar surface area (TPSA) is 63.3 Å². The number of rotatable bonds is 3. The monoisotopic (exact) mass is 179 g/mol. The highest BCUT2D eigenvalue weighted by atomic mass is 16.4. The van der Waals surface area contributed by atoms with Gasteiger partial charge in [-0.2, -0.15) is 0 Å². The zero-order chi connectivity index (χ0) is 9.84. The molecule has 3 N–H and O–H groups in total. The van der Waals surface area contributed by atoms with E-state index >= 15 is 0 Å². The van der Waals surface area contributed by atoms with Crippen LogP contribution in [0.15, 0.2) is 18.2 Å². The number of benzene rings is 1. The van der Waals surface area contributed by atoms with Crippen LogP contribution < -0.4 is 5.73 Å². The maximum absolute atomic E-state index is 10.6. The molecule has 70 valence electrons. The molecule has 0 aliphatic heterocycles. The highest BCUT2D eigenvalue weighted by molar-refractivity contribution is 5.87. The van der Waals surface area contributed by atoms with E-state index in [1.165, 1.54) is 0 Å². The summed E-state index contributed by atoms with van der Waals surface area (Å²) in [6, 6.07) is 5.11. The largest absolute Gasteiger partial charge is 0.478 e. The molecule has 0 unspecified atom stereocenters. The molecular formula is C10H13NO2. The van der Waals surface area contributed by atoms with Gasteiger partial charge in [-0.1, -0.05) is 6.07 Å². The van der Waals surface area contributed by atoms with Crippen molar-refractivity contribution in [2.45, 2.75) is 13.3 Å². The van der Waals surface area contributed by atoms with Crippen LogP contribution in [0.3, 0.4) is 0 Å². The molecule has 1 rings (SSSR count). The molecule has 0 heterocycles. The van der Waals surface area contributed by atoms with Crippen molar-refractivity contribution in [3.05, 3.63) is 34.9 Å². The molecule has 1 aromatic rings. The summed E-state index contributed by atoms with van der Waals surface area (Å²) < 4.78 is 0. The van der Waals surface area contributed by atoms with Gasteiger partial charge in [-0.3, -0.25) is 0 Å². The molecule has 0 saturated heterocycles. The van der Waals surface area contributed by atoms with Gasteiger partial charge >= 0.3 is 5.97 Å². The predicted octanol–water partition coefficient (Wildman–Crippen LogP) is 1.19. The smallest absolute Gasteiger partial charge is 0.335 e. The van der Waals surface area contributed by atoms with Crippen LogP contribution in [0, 0.1) is 6.92 Å². The summed E-state index contributed by atoms with van der Waals surface area (Å²) in [6.45, 7) is 2.49. The van der Waals surface area contributed by atoms with E-state index in [1.807, 2.05) is 13.0 Å². The van der Waals surface area contributed by atoms with Crippen LogP contribution in [0.4, 0.5) is 0 Å². The van der Waals surface area contributed by atoms with Gasteiger partial charge in [-0.15, -0.1) is 0 Å². The first-order valence-electron chi connectivity index (χ1n) is 4.18. The molecule has 13 heavy (non-hydrogen) atoms. The van der Waals surface area contributed by atoms with Gasteiger partial charge in [-0.25, -0.2) is 4.79 Å². The first kappa shape index (κ1) is 9.74. The molecule has 1 aromatic carbocycles. The van der Waals surface area contributed by atoms with E-state index in [2.05, 4.69) is 0 Å². The molecule has 3 heteroatoms. The number of aromatic carboxylic acids is 1. The minimum atomic E-state index is -0.887. The van der Waals surface area contributed by atoms with Crippen LogP contribution in [0.2, 0.25) is 0 Å². The van der Waals surface area contributed by atoms with Crippen LogP contribution in [0.5, 0.6) is 0 Å². The molecule has 0 bridgehead atoms. The summed E-state index contributed by atoms with van der Waals surface area (Å²) in [5, 5.41) is 8.71. The van der Waals surface area contributed by atoms with E-state index in [1.54, 1.807) is 12.1 Å². The molecule has 0 spiro atoms. The minimum absolute atomic E-state index is 0.332. The van der Waals surface area contributed by atoms with Crippen molar-refractivity contribution in [1.82, 2.24) is 0 Å². The van der Waals surface area contributed by atoms with E-state index < -0.39 is 5.97 Å². The average molecular weight is 179 g/mol. The average Bonchev–Trinajstić information content (AvgIpc) is 2.08. The van der Waals surface area contributed by atoms with E-state index in [-0.39, 0.29) is 0 Å². The molecule has 0 aliphatic rings. The number of hydrogen-bond donors (Lipinski definition) is 2. The Bertz CT molecular complexity index is 321. The van der Waals surface area contributed by atoms with Crippen molar-refractivity contribution < 1.29 is 9.90 Å². The van der Waals surface area contributed by atoms with E-state index in [4.69, 9.17) is 10.8 Å². The van der Waals surface area contributed by atoms with Crippen LogP contribution in [-0.4, -0.2) is 17.6 Å². The standard InChI is InChI=1S/C10H13NO2/c1-7-6-9(10(12)13)3-2-8(7)4-5-11/h2-3,6H,4-5,11H2,1H3,(H,12,13). The number of carboxylic acids is 1. The normalized spacial score (nSPS) is 10.0. The SMILES string of the molecule is Cc1cc(C(=O)O)ccc1CCN. The zero-order valence-corrected chi connectivity index (χ0v) is 7.58. The first-order valence-corrected chi connectivity index (χ1v) is 4.18. The maximum atomic E-state index is 10.6. The zero-order valence-electron chi connectivity index (χ0n) is 7.58. The summed E-state index contributed by atoms with van der Waals surface area (Å²) in [5.74, 6) is -0.887. The summed E-state index contributed by atoms with van der Waals surface area (Å²) in [6.07, 6.45) is 0.797. The Morgan fingerprint density at radius 2 is 2.23 bits per heavy atom. The molecule has 3 nitrogen and oxygen atoms in total. The Morgan fingerprint density at radius 1 is 1.54 bits per heavy atom. The van der Waals surface area contributed by atoms with Crippen LogP contribution in [0.1, 0.15) is 21.5 Å². The molecule has 0 saturated carbocycles. The lowest BCUT2D eigenvalue weighted by molar-refractivity contribution is 0.0697. The Balaban J connectivity index is 2.98. The lowest BCUT2D eigenvalue weighted by Gasteiger charge is -2.04. The third kappa shape index (κ3) is 2.29. The summed E-state index contributed by atoms with van der Waals surface area (Å²) in [7, 11) is 0. The van der Waals surface area contributed by atoms with Crippen LogP contribution in [-0.2, 0) is 6.42 Å². The fourth-order valence-electron chi connectivity index (χ4n) is 1.26. The fraction of sp³-hybridized carbons (Fsp3) is 0.300. The third-order valence-electron chi connectivity index (χ3n) is 2.00. The first-order chi connectivity index (χ1) is 6.15. The lowest BCUT2D eigenvalue weighted by atomic mass is 10.0. The van der Waals surface area contributed by atoms with Crippen LogP contribution >= 0.6 is 0 Å². The van der Waals surface area contributed by atoms with Gasteiger partial charge in [0.15, 0.2) is 0 Å². The molecule has 0 amide bonds. The molecule has 0 aliphatic carbocycles. The highest BCUT2D eigenvalue weighted by Crippen LogP contribution is 2.11. The quantitative estimate of drug-likeness (QED) is 0.732. The summed E-state index contributed by atoms with van der Waals surface area (Å²) in [4.78, 5) is 10.6. The van der Waals surface area contributed by atoms with Gasteiger partial charge in [0, 0.05) is 0 Å². The second kappa shape index (κ2) is 4.05. The van der Waals surface area contributed by atoms with Crippen molar-refractivity contribution in [2.75, 3.05) is 6.54 Å². The maximum Gasteiger partial charge on any atom is 0.335 e. The van der Waals surface area contributed by atoms with Gasteiger partial charge in [0.05, 0.1) is 5.56 Å². The number of carboxylic acid groups (broad SMARTS) is 1. The lowest BCUT2D eigenvalue weighted by Crippen LogP contribution is -2.05. The Kier molecular flexibility index (Phi) is 3.03. The predicted molar refractivity (Wildman–Crippen MR) is 50.9 cm³/mol. The molecule has 0 aromatic heterocycles. The summed E-state index contributed by atoms with van der Waals surface area (Å²) in [5.41, 5.74) is 7.85. The summed E-state index contributed by atoms with van der Waals surface area (Å²) >= 11 is 0. The van der Waals surface area contributed by atoms with Crippen molar-refractivity contribution in [3.8, 4) is 0 Å². The Morgan fingerprint density at radius 3 is 2.69 bits per heavy atom. The minimum Gasteiger partial charge on any atom is -0.478 e. The Labute approximate surface area is 77.2 Å². The number of nitrogens with two attached hydrogens (primary N) is 1. The van der Waals surface area contributed by atoms with Crippen molar-refractivity contribution >= 4 is 5.97 Å². The van der Waals surface area contributed by atoms with Crippen molar-refractivity contribution in [3.63, 3.8) is 0 Å². The molecule has 0 atom stereocenters. The van der Waals surface area contributed by atoms with Crippen molar-refractivity contribution in [2.24, 2.45) is 5.73 Å². The van der Waals surface area contributed by atoms with Gasteiger partial charge in [0.25, 0.3) is 0 Å². The van der Waals surface area contributed by atoms with Crippen LogP contribution in [0.25, 0.3) is 0 Å². The third-order valence-corrected chi connectivity index (χ3v) is 2.00. The molecular weight excluding hydrogens is 166 g/mol. The molecule has 0 fully saturated rings.